The Bertz CT molecular complexity index is 435. The number of fused-ring (bicyclic) bond motifs is 1. The Kier molecular flexibility index (Phi) is 5.25. The molecule has 0 aliphatic carbocycles. The first-order chi connectivity index (χ1) is 10.2. The summed E-state index contributed by atoms with van der Waals surface area (Å²) in [6, 6.07) is 9.54. The van der Waals surface area contributed by atoms with Crippen LogP contribution in [0.5, 0.6) is 0 Å². The highest BCUT2D eigenvalue weighted by Crippen LogP contribution is 2.37. The van der Waals surface area contributed by atoms with Gasteiger partial charge < -0.3 is 10.2 Å². The van der Waals surface area contributed by atoms with Crippen molar-refractivity contribution >= 4 is 11.8 Å². The summed E-state index contributed by atoms with van der Waals surface area (Å²) < 4.78 is 0. The van der Waals surface area contributed by atoms with Crippen LogP contribution in [0.2, 0.25) is 0 Å². The molecule has 2 aliphatic heterocycles. The molecular formula is C18H28N2S. The van der Waals surface area contributed by atoms with E-state index in [2.05, 4.69) is 60.1 Å². The molecule has 3 rings (SSSR count). The van der Waals surface area contributed by atoms with Crippen LogP contribution in [-0.2, 0) is 6.42 Å². The molecule has 1 aromatic carbocycles. The molecule has 3 heteroatoms. The molecule has 0 amide bonds. The fraction of sp³-hybridized carbons (Fsp3) is 0.667. The lowest BCUT2D eigenvalue weighted by atomic mass is 9.97. The van der Waals surface area contributed by atoms with Crippen molar-refractivity contribution in [2.45, 2.75) is 49.3 Å². The summed E-state index contributed by atoms with van der Waals surface area (Å²) in [6.07, 6.45) is 4.02. The largest absolute Gasteiger partial charge is 0.314 e. The molecule has 2 nitrogen and oxygen atoms in total. The van der Waals surface area contributed by atoms with E-state index in [9.17, 15) is 0 Å². The average molecular weight is 305 g/mol. The van der Waals surface area contributed by atoms with E-state index >= 15 is 0 Å². The highest BCUT2D eigenvalue weighted by Gasteiger charge is 2.26. The maximum Gasteiger partial charge on any atom is 0.0263 e. The minimum atomic E-state index is 0.611. The predicted molar refractivity (Wildman–Crippen MR) is 92.1 cm³/mol. The van der Waals surface area contributed by atoms with Crippen molar-refractivity contribution in [3.63, 3.8) is 0 Å². The first-order valence-corrected chi connectivity index (χ1v) is 9.29. The van der Waals surface area contributed by atoms with Gasteiger partial charge in [-0.05, 0) is 49.9 Å². The van der Waals surface area contributed by atoms with E-state index in [1.807, 2.05) is 0 Å². The summed E-state index contributed by atoms with van der Waals surface area (Å²) in [5.74, 6) is 0.843. The fourth-order valence-electron chi connectivity index (χ4n) is 3.53. The van der Waals surface area contributed by atoms with E-state index in [4.69, 9.17) is 0 Å². The first-order valence-electron chi connectivity index (χ1n) is 8.41. The molecule has 1 fully saturated rings. The van der Waals surface area contributed by atoms with Crippen molar-refractivity contribution in [3.8, 4) is 0 Å². The molecule has 0 aromatic heterocycles. The summed E-state index contributed by atoms with van der Waals surface area (Å²) in [4.78, 5) is 4.22. The van der Waals surface area contributed by atoms with Crippen LogP contribution in [0.4, 0.5) is 0 Å². The second-order valence-electron chi connectivity index (χ2n) is 6.88. The van der Waals surface area contributed by atoms with Gasteiger partial charge in [-0.25, -0.2) is 0 Å². The molecule has 2 unspecified atom stereocenters. The number of nitrogens with zero attached hydrogens (tertiary/aromatic N) is 1. The fourth-order valence-corrected chi connectivity index (χ4v) is 4.90. The Labute approximate surface area is 133 Å². The lowest BCUT2D eigenvalue weighted by Gasteiger charge is -2.34. The molecule has 2 atom stereocenters. The maximum atomic E-state index is 3.61. The van der Waals surface area contributed by atoms with Crippen LogP contribution in [0.15, 0.2) is 29.2 Å². The van der Waals surface area contributed by atoms with Gasteiger partial charge >= 0.3 is 0 Å². The molecule has 0 radical (unpaired) electrons. The van der Waals surface area contributed by atoms with E-state index in [1.54, 1.807) is 5.56 Å². The highest BCUT2D eigenvalue weighted by molar-refractivity contribution is 8.00. The zero-order valence-electron chi connectivity index (χ0n) is 13.3. The van der Waals surface area contributed by atoms with Gasteiger partial charge in [-0.15, -0.1) is 11.8 Å². The van der Waals surface area contributed by atoms with Gasteiger partial charge in [0.25, 0.3) is 0 Å². The van der Waals surface area contributed by atoms with Crippen LogP contribution < -0.4 is 5.32 Å². The molecule has 0 spiro atoms. The second kappa shape index (κ2) is 7.17. The van der Waals surface area contributed by atoms with Gasteiger partial charge in [0.1, 0.15) is 0 Å². The van der Waals surface area contributed by atoms with E-state index in [0.29, 0.717) is 6.04 Å². The van der Waals surface area contributed by atoms with Gasteiger partial charge in [-0.2, -0.15) is 0 Å². The highest BCUT2D eigenvalue weighted by atomic mass is 32.2. The number of hydrogen-bond donors (Lipinski definition) is 1. The molecule has 116 valence electrons. The Morgan fingerprint density at radius 1 is 1.33 bits per heavy atom. The zero-order valence-corrected chi connectivity index (χ0v) is 14.2. The van der Waals surface area contributed by atoms with Gasteiger partial charge in [0.2, 0.25) is 0 Å². The number of piperidine rings is 1. The molecule has 1 saturated heterocycles. The summed E-state index contributed by atoms with van der Waals surface area (Å²) >= 11 is 2.09. The topological polar surface area (TPSA) is 15.3 Å². The zero-order chi connectivity index (χ0) is 14.7. The summed E-state index contributed by atoms with van der Waals surface area (Å²) in [5, 5.41) is 4.37. The molecule has 2 aliphatic rings. The number of likely N-dealkylation sites (tertiary alicyclic amines) is 1. The smallest absolute Gasteiger partial charge is 0.0263 e. The summed E-state index contributed by atoms with van der Waals surface area (Å²) in [6.45, 7) is 9.52. The quantitative estimate of drug-likeness (QED) is 0.897. The molecule has 0 bridgehead atoms. The van der Waals surface area contributed by atoms with Crippen LogP contribution >= 0.6 is 11.8 Å². The van der Waals surface area contributed by atoms with Crippen molar-refractivity contribution in [3.05, 3.63) is 29.8 Å². The van der Waals surface area contributed by atoms with Crippen LogP contribution in [0.3, 0.4) is 0 Å². The van der Waals surface area contributed by atoms with Gasteiger partial charge in [-0.1, -0.05) is 32.0 Å². The van der Waals surface area contributed by atoms with Crippen molar-refractivity contribution in [2.75, 3.05) is 26.2 Å². The van der Waals surface area contributed by atoms with E-state index in [-0.39, 0.29) is 0 Å². The Morgan fingerprint density at radius 3 is 3.00 bits per heavy atom. The molecule has 21 heavy (non-hydrogen) atoms. The van der Waals surface area contributed by atoms with Gasteiger partial charge in [0, 0.05) is 29.3 Å². The SMILES string of the molecule is CC(C)NCC1CCCN(CC2Cc3ccccc3S2)C1. The number of rotatable bonds is 5. The minimum Gasteiger partial charge on any atom is -0.314 e. The molecule has 1 N–H and O–H groups in total. The van der Waals surface area contributed by atoms with Crippen LogP contribution in [0.25, 0.3) is 0 Å². The lowest BCUT2D eigenvalue weighted by Crippen LogP contribution is -2.43. The third kappa shape index (κ3) is 4.24. The van der Waals surface area contributed by atoms with E-state index in [1.165, 1.54) is 50.3 Å². The van der Waals surface area contributed by atoms with Crippen molar-refractivity contribution in [1.82, 2.24) is 10.2 Å². The van der Waals surface area contributed by atoms with Crippen molar-refractivity contribution < 1.29 is 0 Å². The average Bonchev–Trinajstić information content (AvgIpc) is 2.87. The monoisotopic (exact) mass is 304 g/mol. The van der Waals surface area contributed by atoms with Gasteiger partial charge in [-0.3, -0.25) is 0 Å². The van der Waals surface area contributed by atoms with Crippen LogP contribution in [0.1, 0.15) is 32.3 Å². The van der Waals surface area contributed by atoms with Crippen LogP contribution in [0, 0.1) is 5.92 Å². The van der Waals surface area contributed by atoms with E-state index in [0.717, 1.165) is 11.2 Å². The molecule has 2 heterocycles. The lowest BCUT2D eigenvalue weighted by molar-refractivity contribution is 0.171. The number of benzene rings is 1. The number of hydrogen-bond acceptors (Lipinski definition) is 3. The second-order valence-corrected chi connectivity index (χ2v) is 8.22. The van der Waals surface area contributed by atoms with Gasteiger partial charge in [0.15, 0.2) is 0 Å². The molecule has 0 saturated carbocycles. The van der Waals surface area contributed by atoms with E-state index < -0.39 is 0 Å². The molecular weight excluding hydrogens is 276 g/mol. The predicted octanol–water partition coefficient (Wildman–Crippen LogP) is 3.41. The first kappa shape index (κ1) is 15.4. The standard InChI is InChI=1S/C18H28N2S/c1-14(2)19-11-15-6-5-9-20(12-15)13-17-10-16-7-3-4-8-18(16)21-17/h3-4,7-8,14-15,17,19H,5-6,9-13H2,1-2H3. The molecule has 1 aromatic rings. The number of thioether (sulfide) groups is 1. The third-order valence-electron chi connectivity index (χ3n) is 4.59. The summed E-state index contributed by atoms with van der Waals surface area (Å²) in [7, 11) is 0. The Morgan fingerprint density at radius 2 is 2.19 bits per heavy atom. The summed E-state index contributed by atoms with van der Waals surface area (Å²) in [5.41, 5.74) is 1.56. The van der Waals surface area contributed by atoms with Crippen LogP contribution in [-0.4, -0.2) is 42.4 Å². The third-order valence-corrected chi connectivity index (χ3v) is 5.89. The maximum absolute atomic E-state index is 3.61. The normalized spacial score (nSPS) is 26.2. The van der Waals surface area contributed by atoms with Gasteiger partial charge in [0.05, 0.1) is 0 Å². The minimum absolute atomic E-state index is 0.611. The van der Waals surface area contributed by atoms with Crippen molar-refractivity contribution in [1.29, 1.82) is 0 Å². The number of nitrogens with one attached hydrogen (secondary N) is 1. The van der Waals surface area contributed by atoms with Crippen molar-refractivity contribution in [2.24, 2.45) is 5.92 Å². The Balaban J connectivity index is 1.47. The Hall–Kier alpha value is -0.510.